The molecule has 0 aliphatic carbocycles. The number of pyridine rings is 1. The second-order valence-electron chi connectivity index (χ2n) is 8.41. The standard InChI is InChI=1S/C24H22BrClN6O5/c25-17-18(24(36)37)30-32(21(17)29-22(34)15-3-1-2-4-16(15)26)19(20(27)33)13-7-11-31(12-8-13)23(35)14-5-9-28-10-6-14/h1-6,9-10,13,19H,7-8,11-12H2,(H2,27,33)(H,29,34)(H,36,37). The molecule has 1 fully saturated rings. The molecule has 1 saturated heterocycles. The van der Waals surface area contributed by atoms with Crippen LogP contribution in [0.25, 0.3) is 0 Å². The Morgan fingerprint density at radius 3 is 2.35 bits per heavy atom. The zero-order chi connectivity index (χ0) is 26.7. The van der Waals surface area contributed by atoms with Crippen LogP contribution in [-0.2, 0) is 4.79 Å². The number of carboxylic acids is 1. The van der Waals surface area contributed by atoms with Gasteiger partial charge < -0.3 is 21.1 Å². The van der Waals surface area contributed by atoms with Crippen molar-refractivity contribution in [2.75, 3.05) is 18.4 Å². The highest BCUT2D eigenvalue weighted by Gasteiger charge is 2.37. The number of nitrogens with one attached hydrogen (secondary N) is 1. The van der Waals surface area contributed by atoms with Crippen LogP contribution in [0.1, 0.15) is 50.1 Å². The molecule has 1 aliphatic heterocycles. The van der Waals surface area contributed by atoms with Crippen molar-refractivity contribution in [2.45, 2.75) is 18.9 Å². The quantitative estimate of drug-likeness (QED) is 0.381. The average Bonchev–Trinajstić information content (AvgIpc) is 3.20. The van der Waals surface area contributed by atoms with Gasteiger partial charge >= 0.3 is 5.97 Å². The van der Waals surface area contributed by atoms with Crippen molar-refractivity contribution in [1.29, 1.82) is 0 Å². The fourth-order valence-electron chi connectivity index (χ4n) is 4.33. The largest absolute Gasteiger partial charge is 0.476 e. The summed E-state index contributed by atoms with van der Waals surface area (Å²) in [5.74, 6) is -3.30. The summed E-state index contributed by atoms with van der Waals surface area (Å²) in [6, 6.07) is 8.51. The van der Waals surface area contributed by atoms with Crippen LogP contribution in [-0.4, -0.2) is 61.6 Å². The number of halogens is 2. The van der Waals surface area contributed by atoms with Gasteiger partial charge in [0.05, 0.1) is 15.1 Å². The first-order chi connectivity index (χ1) is 17.7. The number of benzene rings is 1. The first-order valence-corrected chi connectivity index (χ1v) is 12.4. The number of piperidine rings is 1. The van der Waals surface area contributed by atoms with E-state index in [1.54, 1.807) is 35.2 Å². The lowest BCUT2D eigenvalue weighted by molar-refractivity contribution is -0.123. The Morgan fingerprint density at radius 1 is 1.11 bits per heavy atom. The number of carbonyl (C=O) groups is 4. The van der Waals surface area contributed by atoms with Gasteiger partial charge in [0, 0.05) is 31.0 Å². The second-order valence-corrected chi connectivity index (χ2v) is 9.61. The molecule has 2 aromatic heterocycles. The number of likely N-dealkylation sites (tertiary alicyclic amines) is 1. The lowest BCUT2D eigenvalue weighted by atomic mass is 9.88. The average molecular weight is 590 g/mol. The molecule has 3 heterocycles. The minimum Gasteiger partial charge on any atom is -0.476 e. The number of anilines is 1. The molecule has 0 radical (unpaired) electrons. The molecule has 37 heavy (non-hydrogen) atoms. The molecular formula is C24H22BrClN6O5. The monoisotopic (exact) mass is 588 g/mol. The number of rotatable bonds is 7. The van der Waals surface area contributed by atoms with Crippen molar-refractivity contribution >= 4 is 57.0 Å². The lowest BCUT2D eigenvalue weighted by Crippen LogP contribution is -2.43. The maximum Gasteiger partial charge on any atom is 0.357 e. The summed E-state index contributed by atoms with van der Waals surface area (Å²) in [5.41, 5.74) is 6.03. The summed E-state index contributed by atoms with van der Waals surface area (Å²) in [4.78, 5) is 55.8. The molecule has 0 spiro atoms. The molecule has 4 rings (SSSR count). The van der Waals surface area contributed by atoms with Crippen molar-refractivity contribution in [3.05, 3.63) is 75.1 Å². The van der Waals surface area contributed by atoms with Crippen molar-refractivity contribution in [3.8, 4) is 0 Å². The van der Waals surface area contributed by atoms with Crippen molar-refractivity contribution in [2.24, 2.45) is 11.7 Å². The second kappa shape index (κ2) is 11.1. The van der Waals surface area contributed by atoms with E-state index in [9.17, 15) is 24.3 Å². The van der Waals surface area contributed by atoms with Gasteiger partial charge in [0.25, 0.3) is 11.8 Å². The Hall–Kier alpha value is -3.77. The minimum atomic E-state index is -1.36. The lowest BCUT2D eigenvalue weighted by Gasteiger charge is -2.35. The molecular weight excluding hydrogens is 568 g/mol. The number of amides is 3. The zero-order valence-electron chi connectivity index (χ0n) is 19.3. The molecule has 4 N–H and O–H groups in total. The summed E-state index contributed by atoms with van der Waals surface area (Å²) < 4.78 is 1.12. The van der Waals surface area contributed by atoms with E-state index >= 15 is 0 Å². The molecule has 3 amide bonds. The number of aromatic nitrogens is 3. The smallest absolute Gasteiger partial charge is 0.357 e. The molecule has 1 atom stereocenters. The fourth-order valence-corrected chi connectivity index (χ4v) is 5.08. The van der Waals surface area contributed by atoms with E-state index in [0.29, 0.717) is 31.5 Å². The molecule has 0 saturated carbocycles. The van der Waals surface area contributed by atoms with Crippen LogP contribution in [0.2, 0.25) is 5.02 Å². The SMILES string of the molecule is NC(=O)C(C1CCN(C(=O)c2ccncc2)CC1)n1nc(C(=O)O)c(Br)c1NC(=O)c1ccccc1Cl. The highest BCUT2D eigenvalue weighted by atomic mass is 79.9. The summed E-state index contributed by atoms with van der Waals surface area (Å²) in [7, 11) is 0. The van der Waals surface area contributed by atoms with Crippen LogP contribution in [0.4, 0.5) is 5.82 Å². The molecule has 1 aromatic carbocycles. The van der Waals surface area contributed by atoms with Crippen LogP contribution in [0.15, 0.2) is 53.3 Å². The number of carbonyl (C=O) groups excluding carboxylic acids is 3. The first kappa shape index (κ1) is 26.3. The minimum absolute atomic E-state index is 0.0167. The van der Waals surface area contributed by atoms with Crippen LogP contribution < -0.4 is 11.1 Å². The van der Waals surface area contributed by atoms with E-state index in [1.807, 2.05) is 0 Å². The normalized spacial score (nSPS) is 14.7. The number of hydrogen-bond acceptors (Lipinski definition) is 6. The molecule has 192 valence electrons. The molecule has 11 nitrogen and oxygen atoms in total. The summed E-state index contributed by atoms with van der Waals surface area (Å²) in [5, 5.41) is 16.6. The molecule has 13 heteroatoms. The van der Waals surface area contributed by atoms with E-state index in [-0.39, 0.29) is 32.7 Å². The van der Waals surface area contributed by atoms with E-state index in [1.165, 1.54) is 18.5 Å². The van der Waals surface area contributed by atoms with E-state index in [2.05, 4.69) is 31.3 Å². The predicted octanol–water partition coefficient (Wildman–Crippen LogP) is 3.22. The van der Waals surface area contributed by atoms with Crippen molar-refractivity contribution in [1.82, 2.24) is 19.7 Å². The molecule has 1 aliphatic rings. The van der Waals surface area contributed by atoms with E-state index in [0.717, 1.165) is 4.68 Å². The zero-order valence-corrected chi connectivity index (χ0v) is 21.6. The van der Waals surface area contributed by atoms with E-state index < -0.39 is 29.5 Å². The summed E-state index contributed by atoms with van der Waals surface area (Å²) in [6.07, 6.45) is 3.89. The maximum absolute atomic E-state index is 13.0. The van der Waals surface area contributed by atoms with Crippen molar-refractivity contribution < 1.29 is 24.3 Å². The van der Waals surface area contributed by atoms with Gasteiger partial charge in [-0.25, -0.2) is 9.48 Å². The van der Waals surface area contributed by atoms with Gasteiger partial charge in [-0.1, -0.05) is 23.7 Å². The van der Waals surface area contributed by atoms with Gasteiger partial charge in [0.1, 0.15) is 11.9 Å². The summed E-state index contributed by atoms with van der Waals surface area (Å²) in [6.45, 7) is 0.705. The van der Waals surface area contributed by atoms with Gasteiger partial charge in [-0.3, -0.25) is 19.4 Å². The number of primary amides is 1. The van der Waals surface area contributed by atoms with Gasteiger partial charge in [-0.2, -0.15) is 5.10 Å². The maximum atomic E-state index is 13.0. The number of hydrogen-bond donors (Lipinski definition) is 3. The van der Waals surface area contributed by atoms with Crippen LogP contribution in [0, 0.1) is 5.92 Å². The fraction of sp³-hybridized carbons (Fsp3) is 0.250. The Balaban J connectivity index is 1.62. The van der Waals surface area contributed by atoms with Crippen molar-refractivity contribution in [3.63, 3.8) is 0 Å². The number of carboxylic acid groups (broad SMARTS) is 1. The van der Waals surface area contributed by atoms with E-state index in [4.69, 9.17) is 17.3 Å². The molecule has 1 unspecified atom stereocenters. The van der Waals surface area contributed by atoms with Crippen LogP contribution in [0.5, 0.6) is 0 Å². The van der Waals surface area contributed by atoms with Crippen LogP contribution in [0.3, 0.4) is 0 Å². The topological polar surface area (TPSA) is 161 Å². The number of nitrogens with two attached hydrogens (primary N) is 1. The summed E-state index contributed by atoms with van der Waals surface area (Å²) >= 11 is 9.34. The number of nitrogens with zero attached hydrogens (tertiary/aromatic N) is 4. The number of aromatic carboxylic acids is 1. The Bertz CT molecular complexity index is 1360. The molecule has 0 bridgehead atoms. The third-order valence-corrected chi connectivity index (χ3v) is 7.24. The van der Waals surface area contributed by atoms with Gasteiger partial charge in [-0.15, -0.1) is 0 Å². The Kier molecular flexibility index (Phi) is 7.89. The third kappa shape index (κ3) is 5.49. The first-order valence-electron chi connectivity index (χ1n) is 11.2. The third-order valence-electron chi connectivity index (χ3n) is 6.16. The van der Waals surface area contributed by atoms with Gasteiger partial charge in [-0.05, 0) is 59.0 Å². The Labute approximate surface area is 224 Å². The van der Waals surface area contributed by atoms with Gasteiger partial charge in [0.2, 0.25) is 5.91 Å². The highest BCUT2D eigenvalue weighted by Crippen LogP contribution is 2.36. The highest BCUT2D eigenvalue weighted by molar-refractivity contribution is 9.10. The Morgan fingerprint density at radius 2 is 1.76 bits per heavy atom. The molecule has 3 aromatic rings. The van der Waals surface area contributed by atoms with Gasteiger partial charge in [0.15, 0.2) is 5.69 Å². The van der Waals surface area contributed by atoms with Crippen LogP contribution >= 0.6 is 27.5 Å². The predicted molar refractivity (Wildman–Crippen MR) is 137 cm³/mol.